The second-order valence-electron chi connectivity index (χ2n) is 3.59. The molecule has 0 aliphatic heterocycles. The summed E-state index contributed by atoms with van der Waals surface area (Å²) in [4.78, 5) is 0. The van der Waals surface area contributed by atoms with Crippen LogP contribution in [-0.2, 0) is 0 Å². The van der Waals surface area contributed by atoms with Crippen LogP contribution in [0.15, 0.2) is 0 Å². The van der Waals surface area contributed by atoms with Crippen LogP contribution < -0.4 is 5.32 Å². The van der Waals surface area contributed by atoms with E-state index in [0.29, 0.717) is 0 Å². The smallest absolute Gasteiger partial charge is 0.00865 e. The molecule has 0 aromatic rings. The van der Waals surface area contributed by atoms with E-state index < -0.39 is 0 Å². The SMILES string of the molecule is C#CCCCCNCCC(C)C. The van der Waals surface area contributed by atoms with Crippen molar-refractivity contribution in [2.45, 2.75) is 39.5 Å². The molecule has 0 aliphatic carbocycles. The number of terminal acetylenes is 1. The fraction of sp³-hybridized carbons (Fsp3) is 0.818. The van der Waals surface area contributed by atoms with E-state index in [2.05, 4.69) is 25.1 Å². The van der Waals surface area contributed by atoms with Crippen LogP contribution in [0.2, 0.25) is 0 Å². The van der Waals surface area contributed by atoms with Crippen LogP contribution in [0.5, 0.6) is 0 Å². The van der Waals surface area contributed by atoms with Crippen LogP contribution >= 0.6 is 0 Å². The predicted molar refractivity (Wildman–Crippen MR) is 55.0 cm³/mol. The molecule has 0 saturated heterocycles. The van der Waals surface area contributed by atoms with Crippen molar-refractivity contribution >= 4 is 0 Å². The van der Waals surface area contributed by atoms with Crippen molar-refractivity contribution in [1.29, 1.82) is 0 Å². The van der Waals surface area contributed by atoms with Gasteiger partial charge in [0.05, 0.1) is 0 Å². The Balaban J connectivity index is 2.87. The van der Waals surface area contributed by atoms with E-state index in [9.17, 15) is 0 Å². The molecule has 12 heavy (non-hydrogen) atoms. The van der Waals surface area contributed by atoms with Gasteiger partial charge in [-0.1, -0.05) is 13.8 Å². The summed E-state index contributed by atoms with van der Waals surface area (Å²) in [6.07, 6.45) is 9.70. The van der Waals surface area contributed by atoms with Gasteiger partial charge in [0.25, 0.3) is 0 Å². The Morgan fingerprint density at radius 2 is 2.00 bits per heavy atom. The minimum absolute atomic E-state index is 0.809. The Morgan fingerprint density at radius 3 is 2.58 bits per heavy atom. The van der Waals surface area contributed by atoms with E-state index in [1.54, 1.807) is 0 Å². The molecule has 1 N–H and O–H groups in total. The second-order valence-corrected chi connectivity index (χ2v) is 3.59. The first-order valence-corrected chi connectivity index (χ1v) is 4.91. The summed E-state index contributed by atoms with van der Waals surface area (Å²) < 4.78 is 0. The highest BCUT2D eigenvalue weighted by Crippen LogP contribution is 1.97. The molecule has 0 rings (SSSR count). The quantitative estimate of drug-likeness (QED) is 0.453. The highest BCUT2D eigenvalue weighted by molar-refractivity contribution is 4.82. The summed E-state index contributed by atoms with van der Waals surface area (Å²) in [6.45, 7) is 6.77. The number of hydrogen-bond donors (Lipinski definition) is 1. The van der Waals surface area contributed by atoms with Crippen LogP contribution in [0.3, 0.4) is 0 Å². The van der Waals surface area contributed by atoms with Gasteiger partial charge in [-0.2, -0.15) is 0 Å². The van der Waals surface area contributed by atoms with E-state index in [0.717, 1.165) is 31.8 Å². The van der Waals surface area contributed by atoms with Gasteiger partial charge in [-0.3, -0.25) is 0 Å². The summed E-state index contributed by atoms with van der Waals surface area (Å²) in [5.74, 6) is 3.46. The van der Waals surface area contributed by atoms with Gasteiger partial charge in [0.2, 0.25) is 0 Å². The van der Waals surface area contributed by atoms with Gasteiger partial charge in [0.1, 0.15) is 0 Å². The monoisotopic (exact) mass is 167 g/mol. The molecule has 0 aromatic carbocycles. The Morgan fingerprint density at radius 1 is 1.25 bits per heavy atom. The molecule has 0 aliphatic rings. The van der Waals surface area contributed by atoms with Crippen molar-refractivity contribution in [2.75, 3.05) is 13.1 Å². The Labute approximate surface area is 76.9 Å². The lowest BCUT2D eigenvalue weighted by molar-refractivity contribution is 0.528. The molecule has 0 radical (unpaired) electrons. The molecular weight excluding hydrogens is 146 g/mol. The Bertz CT molecular complexity index is 121. The van der Waals surface area contributed by atoms with Gasteiger partial charge in [-0.05, 0) is 38.3 Å². The maximum absolute atomic E-state index is 5.14. The Kier molecular flexibility index (Phi) is 8.27. The molecule has 1 nitrogen and oxygen atoms in total. The van der Waals surface area contributed by atoms with Crippen LogP contribution in [-0.4, -0.2) is 13.1 Å². The number of unbranched alkanes of at least 4 members (excludes halogenated alkanes) is 2. The van der Waals surface area contributed by atoms with E-state index in [-0.39, 0.29) is 0 Å². The standard InChI is InChI=1S/C11H21N/c1-4-5-6-7-9-12-10-8-11(2)3/h1,11-12H,5-10H2,2-3H3. The first-order chi connectivity index (χ1) is 5.77. The number of hydrogen-bond acceptors (Lipinski definition) is 1. The predicted octanol–water partition coefficient (Wildman–Crippen LogP) is 2.43. The zero-order chi connectivity index (χ0) is 9.23. The van der Waals surface area contributed by atoms with Crippen LogP contribution in [0.25, 0.3) is 0 Å². The highest BCUT2D eigenvalue weighted by atomic mass is 14.8. The first-order valence-electron chi connectivity index (χ1n) is 4.91. The van der Waals surface area contributed by atoms with Gasteiger partial charge in [-0.25, -0.2) is 0 Å². The van der Waals surface area contributed by atoms with Crippen LogP contribution in [0.4, 0.5) is 0 Å². The van der Waals surface area contributed by atoms with Gasteiger partial charge in [0, 0.05) is 6.42 Å². The van der Waals surface area contributed by atoms with E-state index >= 15 is 0 Å². The summed E-state index contributed by atoms with van der Waals surface area (Å²) in [6, 6.07) is 0. The largest absolute Gasteiger partial charge is 0.317 e. The van der Waals surface area contributed by atoms with Crippen molar-refractivity contribution in [2.24, 2.45) is 5.92 Å². The summed E-state index contributed by atoms with van der Waals surface area (Å²) in [5.41, 5.74) is 0. The molecule has 0 atom stereocenters. The van der Waals surface area contributed by atoms with Crippen molar-refractivity contribution in [1.82, 2.24) is 5.32 Å². The number of nitrogens with one attached hydrogen (secondary N) is 1. The normalized spacial score (nSPS) is 10.2. The first kappa shape index (κ1) is 11.5. The van der Waals surface area contributed by atoms with E-state index in [1.165, 1.54) is 12.8 Å². The third-order valence-corrected chi connectivity index (χ3v) is 1.82. The molecule has 0 fully saturated rings. The van der Waals surface area contributed by atoms with Crippen molar-refractivity contribution in [3.63, 3.8) is 0 Å². The molecule has 0 amide bonds. The third kappa shape index (κ3) is 9.52. The molecule has 0 spiro atoms. The highest BCUT2D eigenvalue weighted by Gasteiger charge is 1.92. The van der Waals surface area contributed by atoms with Gasteiger partial charge in [0.15, 0.2) is 0 Å². The van der Waals surface area contributed by atoms with Crippen molar-refractivity contribution in [3.05, 3.63) is 0 Å². The molecule has 0 unspecified atom stereocenters. The average molecular weight is 167 g/mol. The minimum Gasteiger partial charge on any atom is -0.317 e. The zero-order valence-electron chi connectivity index (χ0n) is 8.40. The van der Waals surface area contributed by atoms with Gasteiger partial charge in [-0.15, -0.1) is 12.3 Å². The van der Waals surface area contributed by atoms with Crippen LogP contribution in [0.1, 0.15) is 39.5 Å². The van der Waals surface area contributed by atoms with Crippen molar-refractivity contribution in [3.8, 4) is 12.3 Å². The minimum atomic E-state index is 0.809. The average Bonchev–Trinajstić information content (AvgIpc) is 2.02. The summed E-state index contributed by atoms with van der Waals surface area (Å²) in [5, 5.41) is 3.41. The molecule has 70 valence electrons. The summed E-state index contributed by atoms with van der Waals surface area (Å²) in [7, 11) is 0. The lowest BCUT2D eigenvalue weighted by atomic mass is 10.1. The molecular formula is C11H21N. The lowest BCUT2D eigenvalue weighted by Gasteiger charge is -2.05. The summed E-state index contributed by atoms with van der Waals surface area (Å²) >= 11 is 0. The fourth-order valence-corrected chi connectivity index (χ4v) is 0.993. The molecule has 1 heteroatoms. The van der Waals surface area contributed by atoms with E-state index in [4.69, 9.17) is 6.42 Å². The molecule has 0 heterocycles. The van der Waals surface area contributed by atoms with Gasteiger partial charge < -0.3 is 5.32 Å². The molecule has 0 bridgehead atoms. The van der Waals surface area contributed by atoms with Crippen LogP contribution in [0, 0.1) is 18.3 Å². The fourth-order valence-electron chi connectivity index (χ4n) is 0.993. The maximum atomic E-state index is 5.14. The second kappa shape index (κ2) is 8.62. The molecule has 0 saturated carbocycles. The topological polar surface area (TPSA) is 12.0 Å². The van der Waals surface area contributed by atoms with E-state index in [1.807, 2.05) is 0 Å². The number of rotatable bonds is 7. The van der Waals surface area contributed by atoms with Crippen molar-refractivity contribution < 1.29 is 0 Å². The Hall–Kier alpha value is -0.480. The zero-order valence-corrected chi connectivity index (χ0v) is 8.40. The third-order valence-electron chi connectivity index (χ3n) is 1.82. The maximum Gasteiger partial charge on any atom is 0.00865 e. The van der Waals surface area contributed by atoms with Gasteiger partial charge >= 0.3 is 0 Å². The lowest BCUT2D eigenvalue weighted by Crippen LogP contribution is -2.17. The molecule has 0 aromatic heterocycles.